The number of hydrogen-bond acceptors (Lipinski definition) is 3. The van der Waals surface area contributed by atoms with Crippen molar-refractivity contribution in [2.75, 3.05) is 13.2 Å². The van der Waals surface area contributed by atoms with Crippen molar-refractivity contribution in [1.29, 1.82) is 0 Å². The SMILES string of the molecule is CC(C)CNC(=O)[C@@H](Cc1ccccc1)N(Cc1ccc(F)cc1)C(=O)COc1ccc(Br)cc1. The first-order valence-electron chi connectivity index (χ1n) is 11.6. The normalized spacial score (nSPS) is 11.7. The molecule has 2 amide bonds. The zero-order chi connectivity index (χ0) is 25.2. The molecule has 0 saturated carbocycles. The van der Waals surface area contributed by atoms with Crippen LogP contribution in [-0.4, -0.2) is 35.9 Å². The van der Waals surface area contributed by atoms with Crippen LogP contribution in [0.2, 0.25) is 0 Å². The van der Waals surface area contributed by atoms with Crippen LogP contribution in [0.25, 0.3) is 0 Å². The largest absolute Gasteiger partial charge is 0.484 e. The molecule has 0 aliphatic rings. The topological polar surface area (TPSA) is 58.6 Å². The summed E-state index contributed by atoms with van der Waals surface area (Å²) in [4.78, 5) is 28.3. The second-order valence-corrected chi connectivity index (χ2v) is 9.65. The van der Waals surface area contributed by atoms with Gasteiger partial charge in [-0.15, -0.1) is 0 Å². The van der Waals surface area contributed by atoms with Crippen molar-refractivity contribution < 1.29 is 18.7 Å². The number of nitrogens with one attached hydrogen (secondary N) is 1. The molecule has 0 saturated heterocycles. The van der Waals surface area contributed by atoms with Crippen molar-refractivity contribution in [3.8, 4) is 5.75 Å². The van der Waals surface area contributed by atoms with E-state index in [9.17, 15) is 14.0 Å². The van der Waals surface area contributed by atoms with Crippen LogP contribution in [0.3, 0.4) is 0 Å². The van der Waals surface area contributed by atoms with Crippen LogP contribution in [0.1, 0.15) is 25.0 Å². The molecule has 1 N–H and O–H groups in total. The summed E-state index contributed by atoms with van der Waals surface area (Å²) in [5, 5.41) is 2.97. The fraction of sp³-hybridized carbons (Fsp3) is 0.286. The Morgan fingerprint density at radius 2 is 1.60 bits per heavy atom. The number of benzene rings is 3. The first-order chi connectivity index (χ1) is 16.8. The maximum Gasteiger partial charge on any atom is 0.261 e. The molecule has 0 aliphatic heterocycles. The maximum absolute atomic E-state index is 13.5. The van der Waals surface area contributed by atoms with Gasteiger partial charge in [-0.05, 0) is 53.4 Å². The van der Waals surface area contributed by atoms with Crippen LogP contribution in [0.4, 0.5) is 4.39 Å². The summed E-state index contributed by atoms with van der Waals surface area (Å²) in [6.45, 7) is 4.44. The molecule has 0 heterocycles. The summed E-state index contributed by atoms with van der Waals surface area (Å²) in [5.41, 5.74) is 1.65. The highest BCUT2D eigenvalue weighted by atomic mass is 79.9. The summed E-state index contributed by atoms with van der Waals surface area (Å²) in [6.07, 6.45) is 0.343. The summed E-state index contributed by atoms with van der Waals surface area (Å²) >= 11 is 3.38. The Bertz CT molecular complexity index is 1090. The summed E-state index contributed by atoms with van der Waals surface area (Å²) in [5.74, 6) is -0.120. The van der Waals surface area contributed by atoms with Crippen molar-refractivity contribution in [2.24, 2.45) is 5.92 Å². The smallest absolute Gasteiger partial charge is 0.261 e. The molecule has 0 fully saturated rings. The molecule has 3 aromatic rings. The molecule has 0 unspecified atom stereocenters. The molecule has 0 bridgehead atoms. The molecule has 3 rings (SSSR count). The van der Waals surface area contributed by atoms with Gasteiger partial charge >= 0.3 is 0 Å². The van der Waals surface area contributed by atoms with E-state index in [1.807, 2.05) is 56.3 Å². The van der Waals surface area contributed by atoms with Crippen molar-refractivity contribution in [3.05, 3.63) is 100 Å². The van der Waals surface area contributed by atoms with Gasteiger partial charge in [-0.25, -0.2) is 4.39 Å². The molecule has 0 aromatic heterocycles. The van der Waals surface area contributed by atoms with E-state index in [0.717, 1.165) is 15.6 Å². The van der Waals surface area contributed by atoms with Gasteiger partial charge in [-0.3, -0.25) is 9.59 Å². The van der Waals surface area contributed by atoms with Crippen molar-refractivity contribution >= 4 is 27.7 Å². The fourth-order valence-corrected chi connectivity index (χ4v) is 3.79. The van der Waals surface area contributed by atoms with Crippen LogP contribution in [0, 0.1) is 11.7 Å². The van der Waals surface area contributed by atoms with E-state index in [1.54, 1.807) is 24.3 Å². The number of carbonyl (C=O) groups excluding carboxylic acids is 2. The van der Waals surface area contributed by atoms with Gasteiger partial charge in [0.2, 0.25) is 5.91 Å². The summed E-state index contributed by atoms with van der Waals surface area (Å²) in [7, 11) is 0. The van der Waals surface area contributed by atoms with Gasteiger partial charge in [0.25, 0.3) is 5.91 Å². The Hall–Kier alpha value is -3.19. The molecule has 184 valence electrons. The molecule has 3 aromatic carbocycles. The number of ether oxygens (including phenoxy) is 1. The second-order valence-electron chi connectivity index (χ2n) is 8.74. The van der Waals surface area contributed by atoms with E-state index in [-0.39, 0.29) is 36.7 Å². The molecule has 7 heteroatoms. The lowest BCUT2D eigenvalue weighted by atomic mass is 10.0. The lowest BCUT2D eigenvalue weighted by Crippen LogP contribution is -2.52. The fourth-order valence-electron chi connectivity index (χ4n) is 3.52. The number of rotatable bonds is 11. The van der Waals surface area contributed by atoms with Crippen LogP contribution in [0.15, 0.2) is 83.3 Å². The lowest BCUT2D eigenvalue weighted by molar-refractivity contribution is -0.142. The minimum Gasteiger partial charge on any atom is -0.484 e. The van der Waals surface area contributed by atoms with Crippen LogP contribution in [0.5, 0.6) is 5.75 Å². The Morgan fingerprint density at radius 3 is 2.23 bits per heavy atom. The van der Waals surface area contributed by atoms with Gasteiger partial charge in [0, 0.05) is 24.0 Å². The van der Waals surface area contributed by atoms with Crippen LogP contribution < -0.4 is 10.1 Å². The molecule has 0 spiro atoms. The maximum atomic E-state index is 13.5. The van der Waals surface area contributed by atoms with Gasteiger partial charge < -0.3 is 15.0 Å². The molecular weight excluding hydrogens is 511 g/mol. The number of nitrogens with zero attached hydrogens (tertiary/aromatic N) is 1. The first kappa shape index (κ1) is 26.4. The quantitative estimate of drug-likeness (QED) is 0.355. The highest BCUT2D eigenvalue weighted by Gasteiger charge is 2.30. The third-order valence-corrected chi connectivity index (χ3v) is 5.93. The van der Waals surface area contributed by atoms with Crippen molar-refractivity contribution in [2.45, 2.75) is 32.9 Å². The minimum atomic E-state index is -0.762. The van der Waals surface area contributed by atoms with Crippen molar-refractivity contribution in [1.82, 2.24) is 10.2 Å². The molecule has 35 heavy (non-hydrogen) atoms. The average molecular weight is 541 g/mol. The van der Waals surface area contributed by atoms with Gasteiger partial charge in [0.15, 0.2) is 6.61 Å². The molecule has 1 atom stereocenters. The molecule has 0 aliphatic carbocycles. The Balaban J connectivity index is 1.88. The van der Waals surface area contributed by atoms with Crippen molar-refractivity contribution in [3.63, 3.8) is 0 Å². The van der Waals surface area contributed by atoms with E-state index >= 15 is 0 Å². The number of amides is 2. The Labute approximate surface area is 214 Å². The van der Waals surface area contributed by atoms with Gasteiger partial charge in [0.1, 0.15) is 17.6 Å². The third-order valence-electron chi connectivity index (χ3n) is 5.40. The van der Waals surface area contributed by atoms with E-state index in [1.165, 1.54) is 17.0 Å². The molecule has 5 nitrogen and oxygen atoms in total. The van der Waals surface area contributed by atoms with Gasteiger partial charge in [0.05, 0.1) is 0 Å². The minimum absolute atomic E-state index is 0.148. The predicted octanol–water partition coefficient (Wildman–Crippen LogP) is 5.38. The number of carbonyl (C=O) groups is 2. The van der Waals surface area contributed by atoms with E-state index in [2.05, 4.69) is 21.2 Å². The monoisotopic (exact) mass is 540 g/mol. The second kappa shape index (κ2) is 13.0. The zero-order valence-corrected chi connectivity index (χ0v) is 21.5. The van der Waals surface area contributed by atoms with Crippen LogP contribution >= 0.6 is 15.9 Å². The average Bonchev–Trinajstić information content (AvgIpc) is 2.86. The predicted molar refractivity (Wildman–Crippen MR) is 138 cm³/mol. The van der Waals surface area contributed by atoms with Gasteiger partial charge in [-0.1, -0.05) is 72.2 Å². The summed E-state index contributed by atoms with van der Waals surface area (Å²) < 4.78 is 20.1. The number of halogens is 2. The lowest BCUT2D eigenvalue weighted by Gasteiger charge is -2.31. The van der Waals surface area contributed by atoms with E-state index in [4.69, 9.17) is 4.74 Å². The Kier molecular flexibility index (Phi) is 9.85. The molecule has 0 radical (unpaired) electrons. The highest BCUT2D eigenvalue weighted by molar-refractivity contribution is 9.10. The highest BCUT2D eigenvalue weighted by Crippen LogP contribution is 2.18. The van der Waals surface area contributed by atoms with Gasteiger partial charge in [-0.2, -0.15) is 0 Å². The third kappa shape index (κ3) is 8.51. The zero-order valence-electron chi connectivity index (χ0n) is 19.9. The van der Waals surface area contributed by atoms with Crippen LogP contribution in [-0.2, 0) is 22.6 Å². The first-order valence-corrected chi connectivity index (χ1v) is 12.3. The molecular formula is C28H30BrFN2O3. The standard InChI is InChI=1S/C28H30BrFN2O3/c1-20(2)17-31-28(34)26(16-21-6-4-3-5-7-21)32(18-22-8-12-24(30)13-9-22)27(33)19-35-25-14-10-23(29)11-15-25/h3-15,20,26H,16-19H2,1-2H3,(H,31,34)/t26-/m1/s1. The van der Waals surface area contributed by atoms with E-state index < -0.39 is 6.04 Å². The van der Waals surface area contributed by atoms with E-state index in [0.29, 0.717) is 18.7 Å². The number of hydrogen-bond donors (Lipinski definition) is 1. The summed E-state index contributed by atoms with van der Waals surface area (Å²) in [6, 6.07) is 21.9. The Morgan fingerprint density at radius 1 is 0.943 bits per heavy atom.